The molecule has 2 aliphatic heterocycles. The van der Waals surface area contributed by atoms with Crippen LogP contribution in [0.25, 0.3) is 0 Å². The lowest BCUT2D eigenvalue weighted by molar-refractivity contribution is -0.133. The van der Waals surface area contributed by atoms with Crippen LogP contribution in [-0.2, 0) is 20.9 Å². The summed E-state index contributed by atoms with van der Waals surface area (Å²) in [6.07, 6.45) is 0. The van der Waals surface area contributed by atoms with Crippen LogP contribution in [0.4, 0.5) is 10.5 Å². The first-order valence-electron chi connectivity index (χ1n) is 11.6. The highest BCUT2D eigenvalue weighted by Crippen LogP contribution is 2.52. The van der Waals surface area contributed by atoms with Gasteiger partial charge in [-0.1, -0.05) is 48.5 Å². The van der Waals surface area contributed by atoms with E-state index in [1.54, 1.807) is 40.2 Å². The average molecular weight is 478 g/mol. The molecular formula is C26H31N5O4. The number of carbonyl (C=O) groups excluding carboxylic acids is 4. The van der Waals surface area contributed by atoms with Crippen molar-refractivity contribution >= 4 is 29.4 Å². The number of rotatable bonds is 5. The molecule has 1 fully saturated rings. The summed E-state index contributed by atoms with van der Waals surface area (Å²) in [5.41, 5.74) is 0.936. The van der Waals surface area contributed by atoms with Crippen LogP contribution in [0.3, 0.4) is 0 Å². The Morgan fingerprint density at radius 1 is 1.06 bits per heavy atom. The first kappa shape index (κ1) is 24.3. The van der Waals surface area contributed by atoms with Gasteiger partial charge in [0, 0.05) is 45.8 Å². The summed E-state index contributed by atoms with van der Waals surface area (Å²) in [6, 6.07) is 16.4. The maximum Gasteiger partial charge on any atom is 0.318 e. The largest absolute Gasteiger partial charge is 0.359 e. The standard InChI is InChI=1S/C26H31N5O4/c1-26-22(18-12-8-9-13-20(18)30(24(26)34)16-21(32)29(3)4)19(23(33)27-2)15-31(26)25(35)28-14-17-10-6-5-7-11-17/h5-13,19,22H,14-16H2,1-4H3,(H,27,33)(H,28,35)/t19-,22+,26-/m0/s1. The minimum atomic E-state index is -1.35. The number of carbonyl (C=O) groups is 4. The van der Waals surface area contributed by atoms with E-state index in [4.69, 9.17) is 0 Å². The topological polar surface area (TPSA) is 102 Å². The van der Waals surface area contributed by atoms with Crippen LogP contribution < -0.4 is 15.5 Å². The Kier molecular flexibility index (Phi) is 6.51. The average Bonchev–Trinajstić information content (AvgIpc) is 3.19. The second-order valence-electron chi connectivity index (χ2n) is 9.34. The second-order valence-corrected chi connectivity index (χ2v) is 9.34. The van der Waals surface area contributed by atoms with E-state index in [9.17, 15) is 19.2 Å². The fraction of sp³-hybridized carbons (Fsp3) is 0.385. The molecule has 0 radical (unpaired) electrons. The van der Waals surface area contributed by atoms with E-state index in [1.807, 2.05) is 42.5 Å². The number of benzene rings is 2. The molecule has 0 spiro atoms. The van der Waals surface area contributed by atoms with E-state index >= 15 is 0 Å². The lowest BCUT2D eigenvalue weighted by Crippen LogP contribution is -2.63. The van der Waals surface area contributed by atoms with E-state index in [0.717, 1.165) is 11.1 Å². The Morgan fingerprint density at radius 2 is 1.71 bits per heavy atom. The molecule has 0 aliphatic carbocycles. The molecule has 0 unspecified atom stereocenters. The molecule has 2 aromatic carbocycles. The maximum atomic E-state index is 14.1. The second kappa shape index (κ2) is 9.40. The molecular weight excluding hydrogens is 446 g/mol. The number of nitrogens with zero attached hydrogens (tertiary/aromatic N) is 3. The van der Waals surface area contributed by atoms with E-state index in [2.05, 4.69) is 10.6 Å². The van der Waals surface area contributed by atoms with Crippen LogP contribution >= 0.6 is 0 Å². The van der Waals surface area contributed by atoms with Gasteiger partial charge >= 0.3 is 6.03 Å². The predicted octanol–water partition coefficient (Wildman–Crippen LogP) is 1.55. The molecule has 9 heteroatoms. The molecule has 0 bridgehead atoms. The Balaban J connectivity index is 1.76. The van der Waals surface area contributed by atoms with Gasteiger partial charge in [-0.25, -0.2) is 4.79 Å². The Morgan fingerprint density at radius 3 is 2.37 bits per heavy atom. The number of urea groups is 1. The minimum absolute atomic E-state index is 0.0804. The van der Waals surface area contributed by atoms with Gasteiger partial charge in [0.1, 0.15) is 12.1 Å². The molecule has 3 atom stereocenters. The first-order valence-corrected chi connectivity index (χ1v) is 11.6. The summed E-state index contributed by atoms with van der Waals surface area (Å²) in [4.78, 5) is 57.5. The third-order valence-electron chi connectivity index (χ3n) is 7.10. The fourth-order valence-corrected chi connectivity index (χ4v) is 5.21. The lowest BCUT2D eigenvalue weighted by Gasteiger charge is -2.46. The Hall–Kier alpha value is -3.88. The van der Waals surface area contributed by atoms with Crippen LogP contribution in [0.15, 0.2) is 54.6 Å². The van der Waals surface area contributed by atoms with Crippen molar-refractivity contribution in [2.45, 2.75) is 24.9 Å². The van der Waals surface area contributed by atoms with E-state index in [1.165, 1.54) is 14.7 Å². The molecule has 35 heavy (non-hydrogen) atoms. The third-order valence-corrected chi connectivity index (χ3v) is 7.10. The first-order chi connectivity index (χ1) is 16.7. The van der Waals surface area contributed by atoms with Gasteiger partial charge in [0.15, 0.2) is 0 Å². The van der Waals surface area contributed by atoms with Crippen LogP contribution in [0.1, 0.15) is 24.0 Å². The van der Waals surface area contributed by atoms with Gasteiger partial charge in [-0.2, -0.15) is 0 Å². The number of amides is 5. The lowest BCUT2D eigenvalue weighted by atomic mass is 9.72. The van der Waals surface area contributed by atoms with Crippen LogP contribution in [0.2, 0.25) is 0 Å². The molecule has 1 saturated heterocycles. The highest BCUT2D eigenvalue weighted by atomic mass is 16.2. The predicted molar refractivity (Wildman–Crippen MR) is 132 cm³/mol. The summed E-state index contributed by atoms with van der Waals surface area (Å²) in [5.74, 6) is -2.03. The van der Waals surface area contributed by atoms with Gasteiger partial charge in [0.2, 0.25) is 11.8 Å². The van der Waals surface area contributed by atoms with Crippen molar-refractivity contribution in [2.75, 3.05) is 39.1 Å². The molecule has 184 valence electrons. The van der Waals surface area contributed by atoms with Crippen molar-refractivity contribution in [3.63, 3.8) is 0 Å². The van der Waals surface area contributed by atoms with Gasteiger partial charge in [0.25, 0.3) is 5.91 Å². The van der Waals surface area contributed by atoms with Crippen molar-refractivity contribution in [3.05, 3.63) is 65.7 Å². The molecule has 2 N–H and O–H groups in total. The van der Waals surface area contributed by atoms with Crippen LogP contribution in [0.5, 0.6) is 0 Å². The molecule has 5 amide bonds. The molecule has 9 nitrogen and oxygen atoms in total. The highest BCUT2D eigenvalue weighted by Gasteiger charge is 2.63. The van der Waals surface area contributed by atoms with Crippen LogP contribution in [-0.4, -0.2) is 73.3 Å². The third kappa shape index (κ3) is 4.11. The maximum absolute atomic E-state index is 14.1. The highest BCUT2D eigenvalue weighted by molar-refractivity contribution is 6.09. The smallest absolute Gasteiger partial charge is 0.318 e. The normalized spacial score (nSPS) is 22.8. The zero-order valence-electron chi connectivity index (χ0n) is 20.4. The summed E-state index contributed by atoms with van der Waals surface area (Å²) in [7, 11) is 4.82. The summed E-state index contributed by atoms with van der Waals surface area (Å²) < 4.78 is 0. The van der Waals surface area contributed by atoms with Crippen molar-refractivity contribution < 1.29 is 19.2 Å². The number of hydrogen-bond donors (Lipinski definition) is 2. The van der Waals surface area contributed by atoms with E-state index in [0.29, 0.717) is 5.69 Å². The number of para-hydroxylation sites is 1. The quantitative estimate of drug-likeness (QED) is 0.682. The van der Waals surface area contributed by atoms with E-state index < -0.39 is 23.4 Å². The van der Waals surface area contributed by atoms with Crippen LogP contribution in [0, 0.1) is 5.92 Å². The summed E-state index contributed by atoms with van der Waals surface area (Å²) in [6.45, 7) is 1.91. The fourth-order valence-electron chi connectivity index (χ4n) is 5.21. The molecule has 0 saturated carbocycles. The Labute approximate surface area is 205 Å². The number of fused-ring (bicyclic) bond motifs is 3. The number of nitrogens with one attached hydrogen (secondary N) is 2. The molecule has 2 aliphatic rings. The van der Waals surface area contributed by atoms with Crippen molar-refractivity contribution in [3.8, 4) is 0 Å². The zero-order valence-corrected chi connectivity index (χ0v) is 20.4. The number of likely N-dealkylation sites (tertiary alicyclic amines) is 1. The summed E-state index contributed by atoms with van der Waals surface area (Å²) >= 11 is 0. The number of hydrogen-bond acceptors (Lipinski definition) is 4. The molecule has 2 heterocycles. The van der Waals surface area contributed by atoms with Crippen molar-refractivity contribution in [1.29, 1.82) is 0 Å². The van der Waals surface area contributed by atoms with Gasteiger partial charge in [-0.05, 0) is 24.1 Å². The van der Waals surface area contributed by atoms with Gasteiger partial charge in [-0.3, -0.25) is 14.4 Å². The Bertz CT molecular complexity index is 1150. The van der Waals surface area contributed by atoms with Gasteiger partial charge in [0.05, 0.1) is 5.92 Å². The van der Waals surface area contributed by atoms with Crippen molar-refractivity contribution in [2.24, 2.45) is 5.92 Å². The summed E-state index contributed by atoms with van der Waals surface area (Å²) in [5, 5.41) is 5.60. The molecule has 4 rings (SSSR count). The minimum Gasteiger partial charge on any atom is -0.359 e. The van der Waals surface area contributed by atoms with Gasteiger partial charge < -0.3 is 25.3 Å². The monoisotopic (exact) mass is 477 g/mol. The molecule has 2 aromatic rings. The zero-order chi connectivity index (χ0) is 25.3. The van der Waals surface area contributed by atoms with Gasteiger partial charge in [-0.15, -0.1) is 0 Å². The SMILES string of the molecule is CNC(=O)[C@H]1CN(C(=O)NCc2ccccc2)[C@]2(C)C(=O)N(CC(=O)N(C)C)c3ccccc3[C@H]12. The number of anilines is 1. The van der Waals surface area contributed by atoms with Crippen molar-refractivity contribution in [1.82, 2.24) is 20.4 Å². The molecule has 0 aromatic heterocycles. The number of likely N-dealkylation sites (N-methyl/N-ethyl adjacent to an activating group) is 1. The van der Waals surface area contributed by atoms with E-state index in [-0.39, 0.29) is 37.4 Å².